The SMILES string of the molecule is O=S(=O)(CCc1ccccn1)NCC1(O)CCOCC1. The van der Waals surface area contributed by atoms with Gasteiger partial charge in [-0.3, -0.25) is 4.98 Å². The highest BCUT2D eigenvalue weighted by Crippen LogP contribution is 2.19. The lowest BCUT2D eigenvalue weighted by atomic mass is 9.95. The first-order valence-corrected chi connectivity index (χ1v) is 8.32. The molecule has 0 unspecified atom stereocenters. The van der Waals surface area contributed by atoms with Crippen LogP contribution in [0.15, 0.2) is 24.4 Å². The maximum Gasteiger partial charge on any atom is 0.212 e. The number of hydrogen-bond acceptors (Lipinski definition) is 5. The Morgan fingerprint density at radius 2 is 2.10 bits per heavy atom. The van der Waals surface area contributed by atoms with Crippen molar-refractivity contribution in [3.63, 3.8) is 0 Å². The van der Waals surface area contributed by atoms with Crippen molar-refractivity contribution < 1.29 is 18.3 Å². The minimum absolute atomic E-state index is 0.0312. The molecule has 1 saturated heterocycles. The zero-order valence-corrected chi connectivity index (χ0v) is 12.1. The summed E-state index contributed by atoms with van der Waals surface area (Å²) in [5.74, 6) is -0.0312. The molecule has 0 aromatic carbocycles. The molecule has 0 bridgehead atoms. The van der Waals surface area contributed by atoms with Crippen molar-refractivity contribution >= 4 is 10.0 Å². The molecular formula is C13H20N2O4S. The smallest absolute Gasteiger partial charge is 0.212 e. The summed E-state index contributed by atoms with van der Waals surface area (Å²) < 4.78 is 31.5. The van der Waals surface area contributed by atoms with Crippen LogP contribution in [0.5, 0.6) is 0 Å². The lowest BCUT2D eigenvalue weighted by Gasteiger charge is -2.31. The molecule has 0 spiro atoms. The van der Waals surface area contributed by atoms with E-state index in [9.17, 15) is 13.5 Å². The van der Waals surface area contributed by atoms with E-state index in [-0.39, 0.29) is 12.3 Å². The molecule has 112 valence electrons. The van der Waals surface area contributed by atoms with Crippen LogP contribution in [0.3, 0.4) is 0 Å². The second kappa shape index (κ2) is 6.62. The largest absolute Gasteiger partial charge is 0.388 e. The fourth-order valence-electron chi connectivity index (χ4n) is 2.03. The topological polar surface area (TPSA) is 88.5 Å². The van der Waals surface area contributed by atoms with Crippen molar-refractivity contribution in [2.45, 2.75) is 24.9 Å². The van der Waals surface area contributed by atoms with Gasteiger partial charge in [-0.25, -0.2) is 13.1 Å². The molecule has 0 amide bonds. The van der Waals surface area contributed by atoms with Gasteiger partial charge in [0.05, 0.1) is 11.4 Å². The highest BCUT2D eigenvalue weighted by molar-refractivity contribution is 7.89. The molecular weight excluding hydrogens is 280 g/mol. The van der Waals surface area contributed by atoms with E-state index in [1.165, 1.54) is 0 Å². The molecule has 7 heteroatoms. The van der Waals surface area contributed by atoms with Gasteiger partial charge in [-0.2, -0.15) is 0 Å². The predicted octanol–water partition coefficient (Wildman–Crippen LogP) is 0.0850. The normalized spacial score (nSPS) is 18.9. The Hall–Kier alpha value is -1.02. The van der Waals surface area contributed by atoms with E-state index >= 15 is 0 Å². The van der Waals surface area contributed by atoms with Crippen molar-refractivity contribution in [1.82, 2.24) is 9.71 Å². The third-order valence-electron chi connectivity index (χ3n) is 3.40. The van der Waals surface area contributed by atoms with Crippen molar-refractivity contribution in [3.8, 4) is 0 Å². The molecule has 0 aliphatic carbocycles. The van der Waals surface area contributed by atoms with Gasteiger partial charge in [-0.05, 0) is 12.1 Å². The Labute approximate surface area is 119 Å². The Kier molecular flexibility index (Phi) is 5.09. The van der Waals surface area contributed by atoms with E-state index in [2.05, 4.69) is 9.71 Å². The number of aromatic nitrogens is 1. The highest BCUT2D eigenvalue weighted by atomic mass is 32.2. The second-order valence-electron chi connectivity index (χ2n) is 5.05. The molecule has 1 aromatic heterocycles. The zero-order chi connectivity index (χ0) is 14.5. The number of nitrogens with one attached hydrogen (secondary N) is 1. The molecule has 2 heterocycles. The third-order valence-corrected chi connectivity index (χ3v) is 4.72. The number of pyridine rings is 1. The van der Waals surface area contributed by atoms with Gasteiger partial charge in [0, 0.05) is 50.9 Å². The lowest BCUT2D eigenvalue weighted by Crippen LogP contribution is -2.47. The zero-order valence-electron chi connectivity index (χ0n) is 11.3. The number of nitrogens with zero attached hydrogens (tertiary/aromatic N) is 1. The first-order valence-electron chi connectivity index (χ1n) is 6.67. The lowest BCUT2D eigenvalue weighted by molar-refractivity contribution is -0.0588. The van der Waals surface area contributed by atoms with Crippen LogP contribution in [0.4, 0.5) is 0 Å². The standard InChI is InChI=1S/C13H20N2O4S/c16-13(5-8-19-9-6-13)11-15-20(17,18)10-4-12-3-1-2-7-14-12/h1-3,7,15-16H,4-6,8-11H2. The van der Waals surface area contributed by atoms with Gasteiger partial charge in [0.2, 0.25) is 10.0 Å². The number of rotatable bonds is 6. The van der Waals surface area contributed by atoms with Gasteiger partial charge in [0.25, 0.3) is 0 Å². The highest BCUT2D eigenvalue weighted by Gasteiger charge is 2.31. The van der Waals surface area contributed by atoms with E-state index in [0.29, 0.717) is 32.5 Å². The monoisotopic (exact) mass is 300 g/mol. The number of hydrogen-bond donors (Lipinski definition) is 2. The Bertz CT molecular complexity index is 512. The number of sulfonamides is 1. The summed E-state index contributed by atoms with van der Waals surface area (Å²) in [6.07, 6.45) is 2.91. The Morgan fingerprint density at radius 3 is 2.75 bits per heavy atom. The molecule has 1 aromatic rings. The van der Waals surface area contributed by atoms with Crippen LogP contribution in [-0.4, -0.2) is 49.6 Å². The molecule has 2 N–H and O–H groups in total. The molecule has 1 fully saturated rings. The molecule has 20 heavy (non-hydrogen) atoms. The van der Waals surface area contributed by atoms with Crippen molar-refractivity contribution in [2.75, 3.05) is 25.5 Å². The first-order chi connectivity index (χ1) is 9.49. The first kappa shape index (κ1) is 15.4. The summed E-state index contributed by atoms with van der Waals surface area (Å²) in [6.45, 7) is 0.971. The maximum absolute atomic E-state index is 11.9. The summed E-state index contributed by atoms with van der Waals surface area (Å²) in [5, 5.41) is 10.2. The molecule has 0 saturated carbocycles. The van der Waals surface area contributed by atoms with Gasteiger partial charge < -0.3 is 9.84 Å². The van der Waals surface area contributed by atoms with E-state index in [4.69, 9.17) is 4.74 Å². The van der Waals surface area contributed by atoms with Gasteiger partial charge in [0.1, 0.15) is 0 Å². The molecule has 1 aliphatic heterocycles. The summed E-state index contributed by atoms with van der Waals surface area (Å²) in [6, 6.07) is 5.41. The number of ether oxygens (including phenoxy) is 1. The van der Waals surface area contributed by atoms with Crippen LogP contribution in [0.25, 0.3) is 0 Å². The van der Waals surface area contributed by atoms with Gasteiger partial charge in [-0.15, -0.1) is 0 Å². The Morgan fingerprint density at radius 1 is 1.35 bits per heavy atom. The van der Waals surface area contributed by atoms with Crippen LogP contribution in [0.1, 0.15) is 18.5 Å². The van der Waals surface area contributed by atoms with E-state index < -0.39 is 15.6 Å². The molecule has 2 rings (SSSR count). The van der Waals surface area contributed by atoms with E-state index in [1.54, 1.807) is 18.3 Å². The summed E-state index contributed by atoms with van der Waals surface area (Å²) in [5.41, 5.74) is -0.251. The number of aryl methyl sites for hydroxylation is 1. The van der Waals surface area contributed by atoms with E-state index in [0.717, 1.165) is 5.69 Å². The average Bonchev–Trinajstić information content (AvgIpc) is 2.46. The van der Waals surface area contributed by atoms with Crippen LogP contribution >= 0.6 is 0 Å². The average molecular weight is 300 g/mol. The molecule has 0 radical (unpaired) electrons. The predicted molar refractivity (Wildman–Crippen MR) is 74.7 cm³/mol. The fourth-order valence-corrected chi connectivity index (χ4v) is 3.14. The molecule has 1 aliphatic rings. The van der Waals surface area contributed by atoms with Crippen molar-refractivity contribution in [1.29, 1.82) is 0 Å². The van der Waals surface area contributed by atoms with Crippen molar-refractivity contribution in [2.24, 2.45) is 0 Å². The van der Waals surface area contributed by atoms with Crippen molar-refractivity contribution in [3.05, 3.63) is 30.1 Å². The molecule has 6 nitrogen and oxygen atoms in total. The summed E-state index contributed by atoms with van der Waals surface area (Å²) in [4.78, 5) is 4.09. The van der Waals surface area contributed by atoms with Crippen LogP contribution in [-0.2, 0) is 21.2 Å². The minimum Gasteiger partial charge on any atom is -0.388 e. The van der Waals surface area contributed by atoms with Gasteiger partial charge >= 0.3 is 0 Å². The van der Waals surface area contributed by atoms with Gasteiger partial charge in [0.15, 0.2) is 0 Å². The van der Waals surface area contributed by atoms with E-state index in [1.807, 2.05) is 6.07 Å². The Balaban J connectivity index is 1.82. The van der Waals surface area contributed by atoms with Crippen LogP contribution in [0.2, 0.25) is 0 Å². The van der Waals surface area contributed by atoms with Gasteiger partial charge in [-0.1, -0.05) is 6.07 Å². The van der Waals surface area contributed by atoms with Crippen LogP contribution < -0.4 is 4.72 Å². The maximum atomic E-state index is 11.9. The molecule has 0 atom stereocenters. The fraction of sp³-hybridized carbons (Fsp3) is 0.615. The quantitative estimate of drug-likeness (QED) is 0.777. The summed E-state index contributed by atoms with van der Waals surface area (Å²) >= 11 is 0. The second-order valence-corrected chi connectivity index (χ2v) is 6.97. The number of aliphatic hydroxyl groups is 1. The minimum atomic E-state index is -3.41. The third kappa shape index (κ3) is 4.82. The summed E-state index contributed by atoms with van der Waals surface area (Å²) in [7, 11) is -3.41. The van der Waals surface area contributed by atoms with Crippen LogP contribution in [0, 0.1) is 0 Å².